The molecule has 2 unspecified atom stereocenters. The zero-order valence-corrected chi connectivity index (χ0v) is 11.0. The maximum Gasteiger partial charge on any atom is 0.0613 e. The minimum absolute atomic E-state index is 0.475. The van der Waals surface area contributed by atoms with Gasteiger partial charge >= 0.3 is 0 Å². The molecule has 1 aliphatic rings. The Morgan fingerprint density at radius 2 is 2.35 bits per heavy atom. The molecule has 0 bridgehead atoms. The van der Waals surface area contributed by atoms with E-state index in [1.807, 2.05) is 0 Å². The normalized spacial score (nSPS) is 24.4. The van der Waals surface area contributed by atoms with Gasteiger partial charge in [-0.2, -0.15) is 0 Å². The van der Waals surface area contributed by atoms with Crippen molar-refractivity contribution in [2.75, 3.05) is 13.2 Å². The molecule has 3 nitrogen and oxygen atoms in total. The number of hydrogen-bond acceptors (Lipinski definition) is 2. The Morgan fingerprint density at radius 1 is 1.47 bits per heavy atom. The largest absolute Gasteiger partial charge is 0.378 e. The highest BCUT2D eigenvalue weighted by molar-refractivity contribution is 5.09. The second-order valence-electron chi connectivity index (χ2n) is 4.85. The first kappa shape index (κ1) is 12.7. The quantitative estimate of drug-likeness (QED) is 0.821. The number of rotatable bonds is 6. The lowest BCUT2D eigenvalue weighted by molar-refractivity contribution is 0.0872. The molecule has 0 radical (unpaired) electrons. The fourth-order valence-electron chi connectivity index (χ4n) is 2.57. The van der Waals surface area contributed by atoms with E-state index in [0.29, 0.717) is 12.0 Å². The van der Waals surface area contributed by atoms with Crippen LogP contribution in [0.1, 0.15) is 32.3 Å². The predicted octanol–water partition coefficient (Wildman–Crippen LogP) is 2.41. The standard InChI is InChI=1S/C14H24N2O/c1-3-14-13(6-8-17-14)10-15-9-12-5-7-16(4-2)11-12/h5,7,11,13-15H,3-4,6,8-10H2,1-2H3. The van der Waals surface area contributed by atoms with Crippen LogP contribution in [0.2, 0.25) is 0 Å². The Kier molecular flexibility index (Phi) is 4.63. The van der Waals surface area contributed by atoms with Gasteiger partial charge in [-0.25, -0.2) is 0 Å². The fourth-order valence-corrected chi connectivity index (χ4v) is 2.57. The number of aromatic nitrogens is 1. The lowest BCUT2D eigenvalue weighted by Gasteiger charge is -2.16. The Labute approximate surface area is 104 Å². The van der Waals surface area contributed by atoms with Crippen LogP contribution in [0.5, 0.6) is 0 Å². The average Bonchev–Trinajstić information content (AvgIpc) is 2.97. The van der Waals surface area contributed by atoms with Crippen molar-refractivity contribution in [3.8, 4) is 0 Å². The molecule has 0 spiro atoms. The van der Waals surface area contributed by atoms with E-state index in [-0.39, 0.29) is 0 Å². The molecule has 2 atom stereocenters. The van der Waals surface area contributed by atoms with Crippen molar-refractivity contribution < 1.29 is 4.74 Å². The minimum atomic E-state index is 0.475. The molecule has 0 saturated carbocycles. The number of hydrogen-bond donors (Lipinski definition) is 1. The molecular formula is C14H24N2O. The smallest absolute Gasteiger partial charge is 0.0613 e. The number of nitrogens with zero attached hydrogens (tertiary/aromatic N) is 1. The van der Waals surface area contributed by atoms with Crippen LogP contribution < -0.4 is 5.32 Å². The average molecular weight is 236 g/mol. The summed E-state index contributed by atoms with van der Waals surface area (Å²) in [6.45, 7) is 8.42. The van der Waals surface area contributed by atoms with Crippen LogP contribution in [0.4, 0.5) is 0 Å². The molecular weight excluding hydrogens is 212 g/mol. The van der Waals surface area contributed by atoms with Crippen LogP contribution >= 0.6 is 0 Å². The summed E-state index contributed by atoms with van der Waals surface area (Å²) in [6, 6.07) is 2.19. The van der Waals surface area contributed by atoms with E-state index in [1.165, 1.54) is 12.0 Å². The van der Waals surface area contributed by atoms with E-state index in [9.17, 15) is 0 Å². The first-order valence-electron chi connectivity index (χ1n) is 6.80. The third-order valence-corrected chi connectivity index (χ3v) is 3.66. The van der Waals surface area contributed by atoms with Crippen LogP contribution in [0.25, 0.3) is 0 Å². The van der Waals surface area contributed by atoms with Gasteiger partial charge in [0, 0.05) is 38.6 Å². The van der Waals surface area contributed by atoms with Crippen molar-refractivity contribution in [2.24, 2.45) is 5.92 Å². The Balaban J connectivity index is 1.72. The summed E-state index contributed by atoms with van der Waals surface area (Å²) >= 11 is 0. The molecule has 0 amide bonds. The SMILES string of the molecule is CCC1OCCC1CNCc1ccn(CC)c1. The van der Waals surface area contributed by atoms with Gasteiger partial charge in [0.25, 0.3) is 0 Å². The van der Waals surface area contributed by atoms with Crippen LogP contribution in [-0.4, -0.2) is 23.8 Å². The predicted molar refractivity (Wildman–Crippen MR) is 70.0 cm³/mol. The van der Waals surface area contributed by atoms with Crippen molar-refractivity contribution in [3.63, 3.8) is 0 Å². The van der Waals surface area contributed by atoms with Crippen LogP contribution in [0, 0.1) is 5.92 Å². The molecule has 2 rings (SSSR count). The molecule has 1 aliphatic heterocycles. The lowest BCUT2D eigenvalue weighted by atomic mass is 10.00. The molecule has 1 aromatic heterocycles. The molecule has 17 heavy (non-hydrogen) atoms. The molecule has 96 valence electrons. The van der Waals surface area contributed by atoms with Crippen molar-refractivity contribution >= 4 is 0 Å². The first-order chi connectivity index (χ1) is 8.33. The third kappa shape index (κ3) is 3.33. The van der Waals surface area contributed by atoms with E-state index in [4.69, 9.17) is 4.74 Å². The van der Waals surface area contributed by atoms with E-state index in [0.717, 1.165) is 32.7 Å². The summed E-state index contributed by atoms with van der Waals surface area (Å²) in [4.78, 5) is 0. The molecule has 1 aromatic rings. The van der Waals surface area contributed by atoms with Gasteiger partial charge in [-0.3, -0.25) is 0 Å². The summed E-state index contributed by atoms with van der Waals surface area (Å²) in [5, 5.41) is 3.55. The maximum absolute atomic E-state index is 5.69. The van der Waals surface area contributed by atoms with Gasteiger partial charge in [0.1, 0.15) is 0 Å². The summed E-state index contributed by atoms with van der Waals surface area (Å²) < 4.78 is 7.91. The summed E-state index contributed by atoms with van der Waals surface area (Å²) in [7, 11) is 0. The second-order valence-corrected chi connectivity index (χ2v) is 4.85. The van der Waals surface area contributed by atoms with Gasteiger partial charge < -0.3 is 14.6 Å². The Hall–Kier alpha value is -0.800. The molecule has 3 heteroatoms. The van der Waals surface area contributed by atoms with Crippen molar-refractivity contribution in [1.82, 2.24) is 9.88 Å². The molecule has 1 fully saturated rings. The van der Waals surface area contributed by atoms with E-state index < -0.39 is 0 Å². The third-order valence-electron chi connectivity index (χ3n) is 3.66. The summed E-state index contributed by atoms with van der Waals surface area (Å²) in [5.41, 5.74) is 1.37. The van der Waals surface area contributed by atoms with Gasteiger partial charge in [0.15, 0.2) is 0 Å². The van der Waals surface area contributed by atoms with Gasteiger partial charge in [-0.15, -0.1) is 0 Å². The molecule has 1 N–H and O–H groups in total. The zero-order chi connectivity index (χ0) is 12.1. The monoisotopic (exact) mass is 236 g/mol. The number of nitrogens with one attached hydrogen (secondary N) is 1. The summed E-state index contributed by atoms with van der Waals surface area (Å²) in [6.07, 6.45) is 7.18. The fraction of sp³-hybridized carbons (Fsp3) is 0.714. The Bertz CT molecular complexity index is 335. The van der Waals surface area contributed by atoms with Crippen molar-refractivity contribution in [1.29, 1.82) is 0 Å². The maximum atomic E-state index is 5.69. The topological polar surface area (TPSA) is 26.2 Å². The minimum Gasteiger partial charge on any atom is -0.378 e. The van der Waals surface area contributed by atoms with Crippen LogP contribution in [0.15, 0.2) is 18.5 Å². The first-order valence-corrected chi connectivity index (χ1v) is 6.80. The number of ether oxygens (including phenoxy) is 1. The molecule has 1 saturated heterocycles. The van der Waals surface area contributed by atoms with Crippen LogP contribution in [-0.2, 0) is 17.8 Å². The second kappa shape index (κ2) is 6.22. The zero-order valence-electron chi connectivity index (χ0n) is 11.0. The van der Waals surface area contributed by atoms with Gasteiger partial charge in [0.05, 0.1) is 6.10 Å². The Morgan fingerprint density at radius 3 is 3.06 bits per heavy atom. The lowest BCUT2D eigenvalue weighted by Crippen LogP contribution is -2.27. The molecule has 2 heterocycles. The molecule has 0 aliphatic carbocycles. The highest BCUT2D eigenvalue weighted by Crippen LogP contribution is 2.22. The van der Waals surface area contributed by atoms with Crippen molar-refractivity contribution in [3.05, 3.63) is 24.0 Å². The number of aryl methyl sites for hydroxylation is 1. The van der Waals surface area contributed by atoms with Gasteiger partial charge in [-0.05, 0) is 37.3 Å². The van der Waals surface area contributed by atoms with E-state index in [1.54, 1.807) is 0 Å². The van der Waals surface area contributed by atoms with Crippen molar-refractivity contribution in [2.45, 2.75) is 45.9 Å². The van der Waals surface area contributed by atoms with Gasteiger partial charge in [0.2, 0.25) is 0 Å². The van der Waals surface area contributed by atoms with E-state index in [2.05, 4.69) is 42.2 Å². The van der Waals surface area contributed by atoms with Crippen LogP contribution in [0.3, 0.4) is 0 Å². The summed E-state index contributed by atoms with van der Waals surface area (Å²) in [5.74, 6) is 0.702. The highest BCUT2D eigenvalue weighted by atomic mass is 16.5. The molecule has 0 aromatic carbocycles. The van der Waals surface area contributed by atoms with E-state index >= 15 is 0 Å². The van der Waals surface area contributed by atoms with Gasteiger partial charge in [-0.1, -0.05) is 6.92 Å². The highest BCUT2D eigenvalue weighted by Gasteiger charge is 2.25.